The third-order valence-corrected chi connectivity index (χ3v) is 4.33. The number of hydrogen-bond donors (Lipinski definition) is 1. The van der Waals surface area contributed by atoms with Crippen molar-refractivity contribution in [3.05, 3.63) is 71.5 Å². The van der Waals surface area contributed by atoms with Gasteiger partial charge < -0.3 is 14.2 Å². The Labute approximate surface area is 174 Å². The van der Waals surface area contributed by atoms with Crippen molar-refractivity contribution in [2.24, 2.45) is 0 Å². The number of benzene rings is 1. The van der Waals surface area contributed by atoms with Gasteiger partial charge in [-0.1, -0.05) is 5.16 Å². The fourth-order valence-electron chi connectivity index (χ4n) is 2.80. The molecule has 4 rings (SSSR count). The summed E-state index contributed by atoms with van der Waals surface area (Å²) in [4.78, 5) is 19.7. The van der Waals surface area contributed by atoms with Crippen molar-refractivity contribution in [3.8, 4) is 11.4 Å². The molecule has 0 aliphatic carbocycles. The van der Waals surface area contributed by atoms with Crippen molar-refractivity contribution in [2.75, 3.05) is 0 Å². The zero-order chi connectivity index (χ0) is 23.1. The second-order valence-electron chi connectivity index (χ2n) is 6.59. The van der Waals surface area contributed by atoms with Gasteiger partial charge in [0.15, 0.2) is 0 Å². The minimum atomic E-state index is -4.76. The van der Waals surface area contributed by atoms with Crippen LogP contribution in [-0.2, 0) is 18.9 Å². The number of amides is 1. The first-order chi connectivity index (χ1) is 15.0. The molecule has 0 aliphatic rings. The van der Waals surface area contributed by atoms with E-state index in [-0.39, 0.29) is 23.5 Å². The summed E-state index contributed by atoms with van der Waals surface area (Å²) in [7, 11) is 0. The summed E-state index contributed by atoms with van der Waals surface area (Å²) in [5.74, 6) is -2.32. The van der Waals surface area contributed by atoms with Crippen LogP contribution in [0, 0.1) is 0 Å². The summed E-state index contributed by atoms with van der Waals surface area (Å²) >= 11 is 0. The number of pyridine rings is 1. The monoisotopic (exact) mass is 455 g/mol. The van der Waals surface area contributed by atoms with Crippen molar-refractivity contribution in [1.29, 1.82) is 0 Å². The molecule has 1 amide bonds. The van der Waals surface area contributed by atoms with Crippen LogP contribution in [0.3, 0.4) is 0 Å². The summed E-state index contributed by atoms with van der Waals surface area (Å²) < 4.78 is 81.4. The molecule has 166 valence electrons. The van der Waals surface area contributed by atoms with Gasteiger partial charge in [0.2, 0.25) is 5.82 Å². The molecule has 0 saturated carbocycles. The van der Waals surface area contributed by atoms with Gasteiger partial charge in [0.25, 0.3) is 5.91 Å². The molecular formula is C19H11F6N5O2. The molecule has 0 saturated heterocycles. The number of hydrogen-bond acceptors (Lipinski definition) is 5. The van der Waals surface area contributed by atoms with E-state index >= 15 is 0 Å². The van der Waals surface area contributed by atoms with Gasteiger partial charge in [-0.3, -0.25) is 4.79 Å². The van der Waals surface area contributed by atoms with Gasteiger partial charge in [0.05, 0.1) is 17.8 Å². The summed E-state index contributed by atoms with van der Waals surface area (Å²) in [5, 5.41) is 5.85. The molecule has 0 unspecified atom stereocenters. The molecule has 0 spiro atoms. The Balaban J connectivity index is 1.46. The van der Waals surface area contributed by atoms with Gasteiger partial charge in [-0.15, -0.1) is 0 Å². The Hall–Kier alpha value is -3.90. The third kappa shape index (κ3) is 4.40. The number of fused-ring (bicyclic) bond motifs is 1. The van der Waals surface area contributed by atoms with Crippen molar-refractivity contribution >= 4 is 11.6 Å². The van der Waals surface area contributed by atoms with Crippen LogP contribution in [0.15, 0.2) is 53.3 Å². The predicted molar refractivity (Wildman–Crippen MR) is 96.1 cm³/mol. The fraction of sp³-hybridized carbons (Fsp3) is 0.158. The van der Waals surface area contributed by atoms with Crippen LogP contribution in [0.5, 0.6) is 0 Å². The van der Waals surface area contributed by atoms with Gasteiger partial charge >= 0.3 is 18.2 Å². The lowest BCUT2D eigenvalue weighted by Gasteiger charge is -2.07. The Morgan fingerprint density at radius 1 is 0.938 bits per heavy atom. The smallest absolute Gasteiger partial charge is 0.346 e. The molecule has 0 aliphatic heterocycles. The van der Waals surface area contributed by atoms with E-state index in [2.05, 4.69) is 25.0 Å². The molecule has 32 heavy (non-hydrogen) atoms. The zero-order valence-corrected chi connectivity index (χ0v) is 15.7. The number of imidazole rings is 1. The molecule has 0 fully saturated rings. The van der Waals surface area contributed by atoms with E-state index in [1.165, 1.54) is 28.9 Å². The van der Waals surface area contributed by atoms with Crippen molar-refractivity contribution < 1.29 is 35.7 Å². The zero-order valence-electron chi connectivity index (χ0n) is 15.7. The number of rotatable bonds is 4. The quantitative estimate of drug-likeness (QED) is 0.463. The molecule has 1 aromatic carbocycles. The van der Waals surface area contributed by atoms with Crippen LogP contribution in [-0.4, -0.2) is 25.4 Å². The molecule has 0 bridgehead atoms. The maximum atomic E-state index is 12.6. The predicted octanol–water partition coefficient (Wildman–Crippen LogP) is 4.35. The number of alkyl halides is 6. The van der Waals surface area contributed by atoms with E-state index in [9.17, 15) is 31.1 Å². The van der Waals surface area contributed by atoms with E-state index in [0.29, 0.717) is 11.3 Å². The largest absolute Gasteiger partial charge is 0.471 e. The van der Waals surface area contributed by atoms with Crippen molar-refractivity contribution in [2.45, 2.75) is 18.9 Å². The van der Waals surface area contributed by atoms with Gasteiger partial charge in [0.1, 0.15) is 5.65 Å². The number of aromatic nitrogens is 4. The average molecular weight is 455 g/mol. The first kappa shape index (κ1) is 21.3. The van der Waals surface area contributed by atoms with E-state index < -0.39 is 29.7 Å². The molecule has 4 aromatic rings. The minimum Gasteiger partial charge on any atom is -0.346 e. The maximum Gasteiger partial charge on any atom is 0.471 e. The van der Waals surface area contributed by atoms with Crippen LogP contribution in [0.2, 0.25) is 0 Å². The highest BCUT2D eigenvalue weighted by atomic mass is 19.4. The number of carbonyl (C=O) groups excluding carboxylic acids is 1. The van der Waals surface area contributed by atoms with Crippen LogP contribution in [0.25, 0.3) is 17.0 Å². The van der Waals surface area contributed by atoms with E-state index in [0.717, 1.165) is 24.3 Å². The highest BCUT2D eigenvalue weighted by Gasteiger charge is 2.38. The second kappa shape index (κ2) is 7.66. The Kier molecular flexibility index (Phi) is 5.11. The maximum absolute atomic E-state index is 12.6. The number of nitrogens with one attached hydrogen (secondary N) is 1. The summed E-state index contributed by atoms with van der Waals surface area (Å²) in [6, 6.07) is 6.72. The topological polar surface area (TPSA) is 85.3 Å². The summed E-state index contributed by atoms with van der Waals surface area (Å²) in [5.41, 5.74) is 0.267. The molecule has 1 N–H and O–H groups in total. The lowest BCUT2D eigenvalue weighted by atomic mass is 10.1. The molecule has 3 aromatic heterocycles. The van der Waals surface area contributed by atoms with Crippen LogP contribution >= 0.6 is 0 Å². The van der Waals surface area contributed by atoms with Gasteiger partial charge in [0, 0.05) is 23.5 Å². The SMILES string of the molecule is O=C(NCc1cn2cc(-c3noc(C(F)(F)F)n3)ccc2n1)c1ccc(C(F)(F)F)cc1. The summed E-state index contributed by atoms with van der Waals surface area (Å²) in [6.45, 7) is -0.0305. The second-order valence-corrected chi connectivity index (χ2v) is 6.59. The van der Waals surface area contributed by atoms with Gasteiger partial charge in [-0.25, -0.2) is 4.98 Å². The minimum absolute atomic E-state index is 0.0305. The average Bonchev–Trinajstić information content (AvgIpc) is 3.37. The van der Waals surface area contributed by atoms with Crippen LogP contribution in [0.4, 0.5) is 26.3 Å². The number of halogens is 6. The Morgan fingerprint density at radius 2 is 1.66 bits per heavy atom. The van der Waals surface area contributed by atoms with Crippen molar-refractivity contribution in [3.63, 3.8) is 0 Å². The third-order valence-electron chi connectivity index (χ3n) is 4.33. The van der Waals surface area contributed by atoms with Crippen molar-refractivity contribution in [1.82, 2.24) is 24.8 Å². The lowest BCUT2D eigenvalue weighted by molar-refractivity contribution is -0.159. The standard InChI is InChI=1S/C19H11F6N5O2/c20-18(21,22)12-4-1-10(2-5-12)16(31)26-7-13-9-30-8-11(3-6-14(30)27-13)15-28-17(32-29-15)19(23,24)25/h1-6,8-9H,7H2,(H,26,31). The molecular weight excluding hydrogens is 444 g/mol. The molecule has 3 heterocycles. The molecule has 0 atom stereocenters. The van der Waals surface area contributed by atoms with E-state index in [4.69, 9.17) is 0 Å². The number of carbonyl (C=O) groups is 1. The van der Waals surface area contributed by atoms with Crippen LogP contribution in [0.1, 0.15) is 27.5 Å². The molecule has 0 radical (unpaired) electrons. The van der Waals surface area contributed by atoms with Crippen LogP contribution < -0.4 is 5.32 Å². The first-order valence-electron chi connectivity index (χ1n) is 8.85. The summed E-state index contributed by atoms with van der Waals surface area (Å²) in [6.07, 6.45) is -6.30. The lowest BCUT2D eigenvalue weighted by Crippen LogP contribution is -2.23. The Bertz CT molecular complexity index is 1270. The highest BCUT2D eigenvalue weighted by Crippen LogP contribution is 2.30. The highest BCUT2D eigenvalue weighted by molar-refractivity contribution is 5.94. The van der Waals surface area contributed by atoms with Gasteiger partial charge in [-0.05, 0) is 36.4 Å². The first-order valence-corrected chi connectivity index (χ1v) is 8.85. The normalized spacial score (nSPS) is 12.3. The number of nitrogens with zero attached hydrogens (tertiary/aromatic N) is 4. The van der Waals surface area contributed by atoms with E-state index in [1.54, 1.807) is 0 Å². The molecule has 13 heteroatoms. The van der Waals surface area contributed by atoms with E-state index in [1.807, 2.05) is 0 Å². The van der Waals surface area contributed by atoms with Gasteiger partial charge in [-0.2, -0.15) is 31.3 Å². The Morgan fingerprint density at radius 3 is 2.28 bits per heavy atom. The molecule has 7 nitrogen and oxygen atoms in total. The fourth-order valence-corrected chi connectivity index (χ4v) is 2.80.